The van der Waals surface area contributed by atoms with Crippen LogP contribution in [0.1, 0.15) is 39.8 Å². The van der Waals surface area contributed by atoms with Crippen molar-refractivity contribution in [2.24, 2.45) is 0 Å². The Kier molecular flexibility index (Phi) is 7.23. The number of imidazole rings is 1. The highest BCUT2D eigenvalue weighted by molar-refractivity contribution is 5.97. The van der Waals surface area contributed by atoms with Crippen molar-refractivity contribution in [1.29, 1.82) is 0 Å². The first kappa shape index (κ1) is 23.9. The summed E-state index contributed by atoms with van der Waals surface area (Å²) < 4.78 is 7.12. The maximum Gasteiger partial charge on any atom is 0.183 e. The predicted molar refractivity (Wildman–Crippen MR) is 139 cm³/mol. The zero-order chi connectivity index (χ0) is 24.9. The molecule has 4 aromatic rings. The van der Waals surface area contributed by atoms with Crippen LogP contribution < -0.4 is 15.4 Å². The quantitative estimate of drug-likeness (QED) is 0.329. The third-order valence-corrected chi connectivity index (χ3v) is 6.61. The molecule has 0 aliphatic carbocycles. The molecule has 1 aliphatic heterocycles. The van der Waals surface area contributed by atoms with E-state index in [0.29, 0.717) is 31.7 Å². The van der Waals surface area contributed by atoms with Crippen molar-refractivity contribution in [3.8, 4) is 22.6 Å². The number of hydrogen-bond donors (Lipinski definition) is 3. The van der Waals surface area contributed by atoms with Gasteiger partial charge in [0.05, 0.1) is 19.4 Å². The predicted octanol–water partition coefficient (Wildman–Crippen LogP) is 4.05. The lowest BCUT2D eigenvalue weighted by atomic mass is 9.95. The summed E-state index contributed by atoms with van der Waals surface area (Å²) in [7, 11) is 1.63. The van der Waals surface area contributed by atoms with Gasteiger partial charge in [-0.2, -0.15) is 0 Å². The lowest BCUT2D eigenvalue weighted by molar-refractivity contribution is 0.0966. The van der Waals surface area contributed by atoms with Gasteiger partial charge in [0.25, 0.3) is 0 Å². The molecule has 1 unspecified atom stereocenters. The zero-order valence-corrected chi connectivity index (χ0v) is 20.3. The second-order valence-corrected chi connectivity index (χ2v) is 8.85. The van der Waals surface area contributed by atoms with Crippen molar-refractivity contribution >= 4 is 5.78 Å². The average molecular weight is 483 g/mol. The second kappa shape index (κ2) is 10.9. The third kappa shape index (κ3) is 4.95. The molecule has 36 heavy (non-hydrogen) atoms. The SMILES string of the molecule is COc1ccc(-n2cnc3c2C(=O)CC(c2ccc(-c4ccccc4CNCCO)cc2)NC3)cc1. The minimum absolute atomic E-state index is 0.0673. The Bertz CT molecular complexity index is 1330. The Labute approximate surface area is 210 Å². The molecule has 0 amide bonds. The van der Waals surface area contributed by atoms with Crippen LogP contribution in [0.3, 0.4) is 0 Å². The van der Waals surface area contributed by atoms with Crippen molar-refractivity contribution < 1.29 is 14.6 Å². The van der Waals surface area contributed by atoms with E-state index in [0.717, 1.165) is 33.8 Å². The van der Waals surface area contributed by atoms with Gasteiger partial charge in [-0.1, -0.05) is 48.5 Å². The van der Waals surface area contributed by atoms with Gasteiger partial charge in [-0.15, -0.1) is 0 Å². The molecule has 3 aromatic carbocycles. The van der Waals surface area contributed by atoms with Gasteiger partial charge in [0.2, 0.25) is 0 Å². The van der Waals surface area contributed by atoms with E-state index in [1.54, 1.807) is 13.4 Å². The monoisotopic (exact) mass is 482 g/mol. The Hall–Kier alpha value is -3.78. The molecule has 5 rings (SSSR count). The number of methoxy groups -OCH3 is 1. The van der Waals surface area contributed by atoms with E-state index < -0.39 is 0 Å². The number of ketones is 1. The molecule has 7 nitrogen and oxygen atoms in total. The fraction of sp³-hybridized carbons (Fsp3) is 0.241. The van der Waals surface area contributed by atoms with E-state index in [9.17, 15) is 4.79 Å². The number of nitrogens with one attached hydrogen (secondary N) is 2. The number of aromatic nitrogens is 2. The maximum atomic E-state index is 13.4. The molecule has 7 heteroatoms. The molecule has 2 heterocycles. The van der Waals surface area contributed by atoms with Crippen molar-refractivity contribution in [3.05, 3.63) is 102 Å². The number of aliphatic hydroxyl groups excluding tert-OH is 1. The summed E-state index contributed by atoms with van der Waals surface area (Å²) in [5.74, 6) is 0.836. The fourth-order valence-corrected chi connectivity index (χ4v) is 4.71. The van der Waals surface area contributed by atoms with Gasteiger partial charge in [0.15, 0.2) is 5.78 Å². The molecule has 0 radical (unpaired) electrons. The van der Waals surface area contributed by atoms with Gasteiger partial charge >= 0.3 is 0 Å². The number of ether oxygens (including phenoxy) is 1. The molecule has 0 fully saturated rings. The molecule has 0 saturated carbocycles. The van der Waals surface area contributed by atoms with E-state index in [2.05, 4.69) is 52.0 Å². The Morgan fingerprint density at radius 3 is 2.61 bits per heavy atom. The van der Waals surface area contributed by atoms with E-state index in [4.69, 9.17) is 9.84 Å². The fourth-order valence-electron chi connectivity index (χ4n) is 4.71. The number of rotatable bonds is 8. The molecule has 0 saturated heterocycles. The van der Waals surface area contributed by atoms with Gasteiger partial charge in [-0.3, -0.25) is 9.36 Å². The summed E-state index contributed by atoms with van der Waals surface area (Å²) in [4.78, 5) is 17.9. The van der Waals surface area contributed by atoms with Crippen LogP contribution in [0.15, 0.2) is 79.1 Å². The van der Waals surface area contributed by atoms with Gasteiger partial charge in [-0.25, -0.2) is 4.98 Å². The third-order valence-electron chi connectivity index (χ3n) is 6.61. The minimum Gasteiger partial charge on any atom is -0.497 e. The van der Waals surface area contributed by atoms with Crippen molar-refractivity contribution in [2.75, 3.05) is 20.3 Å². The molecule has 3 N–H and O–H groups in total. The highest BCUT2D eigenvalue weighted by Gasteiger charge is 2.27. The number of benzene rings is 3. The minimum atomic E-state index is -0.0912. The van der Waals surface area contributed by atoms with Crippen LogP contribution in [0.4, 0.5) is 0 Å². The van der Waals surface area contributed by atoms with Gasteiger partial charge in [0, 0.05) is 37.8 Å². The molecule has 0 bridgehead atoms. The number of fused-ring (bicyclic) bond motifs is 1. The van der Waals surface area contributed by atoms with Crippen molar-refractivity contribution in [1.82, 2.24) is 20.2 Å². The van der Waals surface area contributed by atoms with E-state index in [-0.39, 0.29) is 18.4 Å². The molecule has 184 valence electrons. The van der Waals surface area contributed by atoms with Crippen molar-refractivity contribution in [2.45, 2.75) is 25.6 Å². The molecule has 1 aromatic heterocycles. The standard InChI is InChI=1S/C29H30N4O3/c1-36-24-12-10-23(11-13-24)33-19-32-27-18-31-26(16-28(35)29(27)33)21-8-6-20(7-9-21)25-5-3-2-4-22(25)17-30-14-15-34/h2-13,19,26,30-31,34H,14-18H2,1H3. The van der Waals surface area contributed by atoms with Crippen LogP contribution in [0.2, 0.25) is 0 Å². The van der Waals surface area contributed by atoms with Gasteiger partial charge in [0.1, 0.15) is 17.8 Å². The molecular formula is C29H30N4O3. The summed E-state index contributed by atoms with van der Waals surface area (Å²) >= 11 is 0. The average Bonchev–Trinajstić information content (AvgIpc) is 3.28. The van der Waals surface area contributed by atoms with Crippen LogP contribution in [0.5, 0.6) is 5.75 Å². The van der Waals surface area contributed by atoms with E-state index in [1.807, 2.05) is 41.0 Å². The first-order valence-corrected chi connectivity index (χ1v) is 12.1. The van der Waals surface area contributed by atoms with Crippen LogP contribution in [0.25, 0.3) is 16.8 Å². The lowest BCUT2D eigenvalue weighted by Gasteiger charge is -2.17. The zero-order valence-electron chi connectivity index (χ0n) is 20.3. The number of hydrogen-bond acceptors (Lipinski definition) is 6. The topological polar surface area (TPSA) is 88.4 Å². The van der Waals surface area contributed by atoms with E-state index in [1.165, 1.54) is 5.56 Å². The Morgan fingerprint density at radius 2 is 1.86 bits per heavy atom. The van der Waals surface area contributed by atoms with E-state index >= 15 is 0 Å². The molecule has 0 spiro atoms. The largest absolute Gasteiger partial charge is 0.497 e. The Morgan fingerprint density at radius 1 is 1.08 bits per heavy atom. The van der Waals surface area contributed by atoms with Crippen LogP contribution >= 0.6 is 0 Å². The highest BCUT2D eigenvalue weighted by atomic mass is 16.5. The van der Waals surface area contributed by atoms with Crippen LogP contribution in [-0.4, -0.2) is 40.7 Å². The summed E-state index contributed by atoms with van der Waals surface area (Å²) in [6, 6.07) is 24.2. The second-order valence-electron chi connectivity index (χ2n) is 8.85. The summed E-state index contributed by atoms with van der Waals surface area (Å²) in [6.45, 7) is 1.90. The number of nitrogens with zero attached hydrogens (tertiary/aromatic N) is 2. The number of aliphatic hydroxyl groups is 1. The van der Waals surface area contributed by atoms with Gasteiger partial charge < -0.3 is 20.5 Å². The molecule has 1 atom stereocenters. The first-order chi connectivity index (χ1) is 17.7. The molecular weight excluding hydrogens is 452 g/mol. The number of Topliss-reactive ketones (excluding diaryl/α,β-unsaturated/α-hetero) is 1. The van der Waals surface area contributed by atoms with Crippen LogP contribution in [0, 0.1) is 0 Å². The lowest BCUT2D eigenvalue weighted by Crippen LogP contribution is -2.20. The van der Waals surface area contributed by atoms with Crippen molar-refractivity contribution in [3.63, 3.8) is 0 Å². The smallest absolute Gasteiger partial charge is 0.183 e. The summed E-state index contributed by atoms with van der Waals surface area (Å²) in [5, 5.41) is 15.8. The summed E-state index contributed by atoms with van der Waals surface area (Å²) in [5.41, 5.74) is 6.81. The molecule has 1 aliphatic rings. The normalized spacial score (nSPS) is 15.4. The highest BCUT2D eigenvalue weighted by Crippen LogP contribution is 2.30. The number of carbonyl (C=O) groups is 1. The Balaban J connectivity index is 1.34. The summed E-state index contributed by atoms with van der Waals surface area (Å²) in [6.07, 6.45) is 2.07. The maximum absolute atomic E-state index is 13.4. The number of carbonyl (C=O) groups excluding carboxylic acids is 1. The first-order valence-electron chi connectivity index (χ1n) is 12.1. The van der Waals surface area contributed by atoms with Gasteiger partial charge in [-0.05, 0) is 46.5 Å². The van der Waals surface area contributed by atoms with Crippen LogP contribution in [-0.2, 0) is 13.1 Å².